The third-order valence-corrected chi connectivity index (χ3v) is 6.53. The number of benzene rings is 2. The van der Waals surface area contributed by atoms with E-state index < -0.39 is 0 Å². The van der Waals surface area contributed by atoms with Crippen molar-refractivity contribution in [3.63, 3.8) is 0 Å². The van der Waals surface area contributed by atoms with Crippen LogP contribution in [0.15, 0.2) is 59.2 Å². The maximum absolute atomic E-state index is 13.4. The summed E-state index contributed by atoms with van der Waals surface area (Å²) >= 11 is 3.50. The van der Waals surface area contributed by atoms with E-state index in [9.17, 15) is 4.79 Å². The molecule has 0 bridgehead atoms. The Hall–Kier alpha value is -2.37. The van der Waals surface area contributed by atoms with Crippen LogP contribution < -0.4 is 5.32 Å². The van der Waals surface area contributed by atoms with Gasteiger partial charge in [-0.1, -0.05) is 57.9 Å². The van der Waals surface area contributed by atoms with Crippen LogP contribution in [0.3, 0.4) is 0 Å². The minimum absolute atomic E-state index is 0.0000152. The quantitative estimate of drug-likeness (QED) is 0.491. The highest BCUT2D eigenvalue weighted by Crippen LogP contribution is 2.30. The molecule has 5 heteroatoms. The highest BCUT2D eigenvalue weighted by molar-refractivity contribution is 9.10. The first kappa shape index (κ1) is 21.8. The molecule has 2 aromatic carbocycles. The van der Waals surface area contributed by atoms with Gasteiger partial charge in [0, 0.05) is 35.9 Å². The monoisotopic (exact) mass is 479 g/mol. The lowest BCUT2D eigenvalue weighted by Crippen LogP contribution is -2.34. The van der Waals surface area contributed by atoms with Crippen LogP contribution in [0.2, 0.25) is 0 Å². The van der Waals surface area contributed by atoms with Gasteiger partial charge in [0.1, 0.15) is 5.69 Å². The molecule has 162 valence electrons. The van der Waals surface area contributed by atoms with Crippen LogP contribution in [0.25, 0.3) is 11.1 Å². The number of halogens is 1. The number of aromatic nitrogens is 1. The molecule has 0 saturated carbocycles. The second-order valence-electron chi connectivity index (χ2n) is 8.46. The van der Waals surface area contributed by atoms with Gasteiger partial charge < -0.3 is 14.8 Å². The summed E-state index contributed by atoms with van der Waals surface area (Å²) in [5, 5.41) is 3.19. The Morgan fingerprint density at radius 2 is 1.68 bits per heavy atom. The number of carbonyl (C=O) groups is 1. The topological polar surface area (TPSA) is 37.3 Å². The molecule has 1 saturated heterocycles. The van der Waals surface area contributed by atoms with Crippen molar-refractivity contribution in [3.8, 4) is 11.1 Å². The van der Waals surface area contributed by atoms with E-state index in [4.69, 9.17) is 0 Å². The minimum atomic E-state index is -0.0000152. The molecule has 1 N–H and O–H groups in total. The first-order chi connectivity index (χ1) is 15.0. The average molecular weight is 480 g/mol. The summed E-state index contributed by atoms with van der Waals surface area (Å²) in [4.78, 5) is 15.8. The van der Waals surface area contributed by atoms with Gasteiger partial charge in [0.25, 0.3) is 5.91 Å². The molecular formula is C26H30BrN3O. The zero-order valence-electron chi connectivity index (χ0n) is 18.3. The molecule has 0 spiro atoms. The highest BCUT2D eigenvalue weighted by Gasteiger charge is 2.22. The molecule has 0 radical (unpaired) electrons. The van der Waals surface area contributed by atoms with Crippen LogP contribution in [0.1, 0.15) is 40.0 Å². The van der Waals surface area contributed by atoms with E-state index in [1.807, 2.05) is 12.1 Å². The minimum Gasteiger partial charge on any atom is -0.349 e. The predicted octanol–water partition coefficient (Wildman–Crippen LogP) is 5.41. The summed E-state index contributed by atoms with van der Waals surface area (Å²) in [6, 6.07) is 16.7. The summed E-state index contributed by atoms with van der Waals surface area (Å²) in [7, 11) is 0. The van der Waals surface area contributed by atoms with Gasteiger partial charge in [-0.3, -0.25) is 4.79 Å². The highest BCUT2D eigenvalue weighted by atomic mass is 79.9. The number of carbonyl (C=O) groups excluding carboxylic acids is 1. The Kier molecular flexibility index (Phi) is 6.93. The average Bonchev–Trinajstić information content (AvgIpc) is 3.38. The summed E-state index contributed by atoms with van der Waals surface area (Å²) in [5.41, 5.74) is 6.35. The van der Waals surface area contributed by atoms with Gasteiger partial charge in [0.2, 0.25) is 0 Å². The number of likely N-dealkylation sites (tertiary alicyclic amines) is 1. The standard InChI is InChI=1S/C26H30BrN3O/c1-19-5-9-22(10-6-19)24-20(2)17-30(18-21-7-11-23(27)12-8-21)25(24)26(31)28-13-16-29-14-3-4-15-29/h5-12,17H,3-4,13-16,18H2,1-2H3,(H,28,31). The van der Waals surface area contributed by atoms with Crippen molar-refractivity contribution in [3.05, 3.63) is 81.6 Å². The maximum atomic E-state index is 13.4. The van der Waals surface area contributed by atoms with E-state index in [1.54, 1.807) is 0 Å². The number of rotatable bonds is 7. The van der Waals surface area contributed by atoms with Gasteiger partial charge in [-0.2, -0.15) is 0 Å². The van der Waals surface area contributed by atoms with Crippen molar-refractivity contribution in [1.82, 2.24) is 14.8 Å². The Morgan fingerprint density at radius 1 is 1.00 bits per heavy atom. The van der Waals surface area contributed by atoms with Crippen molar-refractivity contribution in [2.45, 2.75) is 33.2 Å². The molecule has 1 fully saturated rings. The zero-order chi connectivity index (χ0) is 21.8. The first-order valence-corrected chi connectivity index (χ1v) is 11.8. The molecule has 4 rings (SSSR count). The summed E-state index contributed by atoms with van der Waals surface area (Å²) in [6.45, 7) is 8.71. The number of nitrogens with one attached hydrogen (secondary N) is 1. The lowest BCUT2D eigenvalue weighted by atomic mass is 10.0. The summed E-state index contributed by atoms with van der Waals surface area (Å²) in [6.07, 6.45) is 4.63. The molecule has 1 amide bonds. The van der Waals surface area contributed by atoms with Crippen molar-refractivity contribution < 1.29 is 4.79 Å². The normalized spacial score (nSPS) is 14.2. The second-order valence-corrected chi connectivity index (χ2v) is 9.38. The van der Waals surface area contributed by atoms with E-state index in [0.29, 0.717) is 13.1 Å². The van der Waals surface area contributed by atoms with E-state index in [2.05, 4.69) is 87.2 Å². The molecule has 31 heavy (non-hydrogen) atoms. The molecule has 2 heterocycles. The van der Waals surface area contributed by atoms with E-state index in [-0.39, 0.29) is 5.91 Å². The van der Waals surface area contributed by atoms with Crippen molar-refractivity contribution in [1.29, 1.82) is 0 Å². The number of hydrogen-bond donors (Lipinski definition) is 1. The van der Waals surface area contributed by atoms with E-state index in [0.717, 1.165) is 46.5 Å². The van der Waals surface area contributed by atoms with Gasteiger partial charge in [0.15, 0.2) is 0 Å². The third-order valence-electron chi connectivity index (χ3n) is 6.00. The number of hydrogen-bond acceptors (Lipinski definition) is 2. The summed E-state index contributed by atoms with van der Waals surface area (Å²) < 4.78 is 3.15. The molecule has 3 aromatic rings. The number of aryl methyl sites for hydroxylation is 2. The molecule has 0 unspecified atom stereocenters. The van der Waals surface area contributed by atoms with Gasteiger partial charge in [-0.25, -0.2) is 0 Å². The lowest BCUT2D eigenvalue weighted by molar-refractivity contribution is 0.0941. The van der Waals surface area contributed by atoms with Crippen molar-refractivity contribution in [2.75, 3.05) is 26.2 Å². The van der Waals surface area contributed by atoms with Crippen molar-refractivity contribution in [2.24, 2.45) is 0 Å². The van der Waals surface area contributed by atoms with Crippen LogP contribution >= 0.6 is 15.9 Å². The van der Waals surface area contributed by atoms with Gasteiger partial charge in [-0.05, 0) is 68.6 Å². The fourth-order valence-electron chi connectivity index (χ4n) is 4.35. The van der Waals surface area contributed by atoms with Crippen LogP contribution in [0, 0.1) is 13.8 Å². The molecule has 0 aliphatic carbocycles. The predicted molar refractivity (Wildman–Crippen MR) is 131 cm³/mol. The lowest BCUT2D eigenvalue weighted by Gasteiger charge is -2.16. The number of nitrogens with zero attached hydrogens (tertiary/aromatic N) is 2. The molecular weight excluding hydrogens is 450 g/mol. The molecule has 0 atom stereocenters. The molecule has 1 aliphatic heterocycles. The third kappa shape index (κ3) is 5.28. The summed E-state index contributed by atoms with van der Waals surface area (Å²) in [5.74, 6) is -0.0000152. The Morgan fingerprint density at radius 3 is 2.35 bits per heavy atom. The zero-order valence-corrected chi connectivity index (χ0v) is 19.9. The van der Waals surface area contributed by atoms with E-state index >= 15 is 0 Å². The number of amides is 1. The fourth-order valence-corrected chi connectivity index (χ4v) is 4.61. The fraction of sp³-hybridized carbons (Fsp3) is 0.346. The Bertz CT molecular complexity index is 1030. The van der Waals surface area contributed by atoms with Crippen LogP contribution in [0.5, 0.6) is 0 Å². The van der Waals surface area contributed by atoms with Crippen LogP contribution in [-0.2, 0) is 6.54 Å². The Labute approximate surface area is 193 Å². The van der Waals surface area contributed by atoms with Crippen LogP contribution in [-0.4, -0.2) is 41.6 Å². The maximum Gasteiger partial charge on any atom is 0.268 e. The molecule has 1 aliphatic rings. The Balaban J connectivity index is 1.63. The smallest absolute Gasteiger partial charge is 0.268 e. The van der Waals surface area contributed by atoms with Crippen molar-refractivity contribution >= 4 is 21.8 Å². The van der Waals surface area contributed by atoms with Crippen LogP contribution in [0.4, 0.5) is 0 Å². The second kappa shape index (κ2) is 9.84. The van der Waals surface area contributed by atoms with Gasteiger partial charge >= 0.3 is 0 Å². The SMILES string of the molecule is Cc1ccc(-c2c(C)cn(Cc3ccc(Br)cc3)c2C(=O)NCCN2CCCC2)cc1. The van der Waals surface area contributed by atoms with Gasteiger partial charge in [-0.15, -0.1) is 0 Å². The molecule has 4 nitrogen and oxygen atoms in total. The van der Waals surface area contributed by atoms with Gasteiger partial charge in [0.05, 0.1) is 0 Å². The first-order valence-electron chi connectivity index (χ1n) is 11.0. The largest absolute Gasteiger partial charge is 0.349 e. The molecule has 1 aromatic heterocycles. The van der Waals surface area contributed by atoms with E-state index in [1.165, 1.54) is 24.0 Å².